The van der Waals surface area contributed by atoms with E-state index in [2.05, 4.69) is 15.9 Å². The second-order valence-electron chi connectivity index (χ2n) is 1.60. The number of carboxylic acid groups (broad SMARTS) is 1. The lowest BCUT2D eigenvalue weighted by Crippen LogP contribution is -2.25. The third-order valence-corrected chi connectivity index (χ3v) is 0.770. The summed E-state index contributed by atoms with van der Waals surface area (Å²) in [6.45, 7) is 0. The number of carbonyl (C=O) groups excluding carboxylic acids is 1. The minimum absolute atomic E-state index is 0.182. The number of amides is 1. The number of carboxylic acids is 1. The maximum absolute atomic E-state index is 10.5. The number of hydroxylamine groups is 1. The maximum Gasteiger partial charge on any atom is 0.303 e. The van der Waals surface area contributed by atoms with Crippen LogP contribution in [0.1, 0.15) is 12.8 Å². The Bertz CT molecular complexity index is 147. The zero-order chi connectivity index (χ0) is 8.69. The van der Waals surface area contributed by atoms with Crippen LogP contribution in [0.3, 0.4) is 0 Å². The van der Waals surface area contributed by atoms with Crippen LogP contribution in [0.2, 0.25) is 0 Å². The molecule has 0 aromatic heterocycles. The Balaban J connectivity index is 3.30. The van der Waals surface area contributed by atoms with E-state index in [4.69, 9.17) is 5.11 Å². The summed E-state index contributed by atoms with van der Waals surface area (Å²) < 4.78 is 0. The molecule has 0 aliphatic rings. The molecule has 0 saturated heterocycles. The molecule has 0 aromatic rings. The van der Waals surface area contributed by atoms with E-state index in [1.165, 1.54) is 0 Å². The van der Waals surface area contributed by atoms with Gasteiger partial charge < -0.3 is 5.11 Å². The second-order valence-corrected chi connectivity index (χ2v) is 1.60. The van der Waals surface area contributed by atoms with Gasteiger partial charge in [0.1, 0.15) is 0 Å². The molecule has 11 heavy (non-hydrogen) atoms. The molecule has 0 atom stereocenters. The van der Waals surface area contributed by atoms with E-state index in [-0.39, 0.29) is 12.8 Å². The molecular formula is C4H8N2O5. The monoisotopic (exact) mass is 164 g/mol. The second kappa shape index (κ2) is 5.59. The lowest BCUT2D eigenvalue weighted by atomic mass is 10.3. The molecule has 0 heterocycles. The molecule has 0 spiro atoms. The van der Waals surface area contributed by atoms with E-state index in [0.29, 0.717) is 0 Å². The van der Waals surface area contributed by atoms with Crippen molar-refractivity contribution in [2.24, 2.45) is 5.90 Å². The molecule has 0 bridgehead atoms. The molecule has 0 unspecified atom stereocenters. The van der Waals surface area contributed by atoms with Crippen LogP contribution in [-0.2, 0) is 19.6 Å². The summed E-state index contributed by atoms with van der Waals surface area (Å²) in [7, 11) is 0. The molecular weight excluding hydrogens is 156 g/mol. The summed E-state index contributed by atoms with van der Waals surface area (Å²) in [4.78, 5) is 27.7. The fourth-order valence-electron chi connectivity index (χ4n) is 0.342. The van der Waals surface area contributed by atoms with Crippen LogP contribution < -0.4 is 11.4 Å². The van der Waals surface area contributed by atoms with Crippen molar-refractivity contribution in [1.29, 1.82) is 0 Å². The van der Waals surface area contributed by atoms with E-state index in [1.54, 1.807) is 5.48 Å². The summed E-state index contributed by atoms with van der Waals surface area (Å²) in [6, 6.07) is 0. The topological polar surface area (TPSA) is 111 Å². The van der Waals surface area contributed by atoms with Gasteiger partial charge in [0.15, 0.2) is 0 Å². The zero-order valence-electron chi connectivity index (χ0n) is 5.57. The first kappa shape index (κ1) is 9.82. The van der Waals surface area contributed by atoms with Gasteiger partial charge in [0.2, 0.25) is 5.91 Å². The van der Waals surface area contributed by atoms with Crippen LogP contribution in [0.4, 0.5) is 0 Å². The highest BCUT2D eigenvalue weighted by Crippen LogP contribution is 1.87. The quantitative estimate of drug-likeness (QED) is 0.344. The molecule has 0 saturated carbocycles. The Kier molecular flexibility index (Phi) is 4.99. The minimum Gasteiger partial charge on any atom is -0.481 e. The molecule has 0 rings (SSSR count). The van der Waals surface area contributed by atoms with Gasteiger partial charge in [-0.25, -0.2) is 5.48 Å². The van der Waals surface area contributed by atoms with E-state index < -0.39 is 11.9 Å². The number of nitrogens with one attached hydrogen (secondary N) is 1. The molecule has 0 aromatic carbocycles. The number of hydrogen-bond donors (Lipinski definition) is 3. The standard InChI is InChI=1S/C4H8N2O5/c5-10-11-6-3(7)1-2-4(8)9/h1-2,5H2,(H,6,7)(H,8,9). The number of nitrogens with two attached hydrogens (primary N) is 1. The normalized spacial score (nSPS) is 9.18. The van der Waals surface area contributed by atoms with E-state index in [1.807, 2.05) is 0 Å². The van der Waals surface area contributed by atoms with Crippen molar-refractivity contribution < 1.29 is 24.7 Å². The van der Waals surface area contributed by atoms with Gasteiger partial charge >= 0.3 is 5.97 Å². The van der Waals surface area contributed by atoms with Crippen LogP contribution in [-0.4, -0.2) is 17.0 Å². The predicted molar refractivity (Wildman–Crippen MR) is 31.4 cm³/mol. The summed E-state index contributed by atoms with van der Waals surface area (Å²) in [5.41, 5.74) is 1.74. The fourth-order valence-corrected chi connectivity index (χ4v) is 0.342. The summed E-state index contributed by atoms with van der Waals surface area (Å²) >= 11 is 0. The Morgan fingerprint density at radius 3 is 2.55 bits per heavy atom. The number of carbonyl (C=O) groups is 2. The molecule has 0 aliphatic carbocycles. The molecule has 7 heteroatoms. The van der Waals surface area contributed by atoms with Gasteiger partial charge in [-0.1, -0.05) is 4.99 Å². The third-order valence-electron chi connectivity index (χ3n) is 0.770. The SMILES string of the molecule is NOONC(=O)CCC(=O)O. The average Bonchev–Trinajstić information content (AvgIpc) is 1.97. The Morgan fingerprint density at radius 2 is 2.09 bits per heavy atom. The Hall–Kier alpha value is -1.18. The molecule has 0 fully saturated rings. The van der Waals surface area contributed by atoms with Crippen LogP contribution in [0.25, 0.3) is 0 Å². The highest BCUT2D eigenvalue weighted by molar-refractivity contribution is 5.79. The van der Waals surface area contributed by atoms with Crippen molar-refractivity contribution in [3.63, 3.8) is 0 Å². The molecule has 0 aliphatic heterocycles. The van der Waals surface area contributed by atoms with Crippen LogP contribution in [0.5, 0.6) is 0 Å². The fraction of sp³-hybridized carbons (Fsp3) is 0.500. The molecule has 7 nitrogen and oxygen atoms in total. The van der Waals surface area contributed by atoms with E-state index >= 15 is 0 Å². The predicted octanol–water partition coefficient (Wildman–Crippen LogP) is -1.30. The highest BCUT2D eigenvalue weighted by atomic mass is 17.3. The van der Waals surface area contributed by atoms with E-state index in [9.17, 15) is 9.59 Å². The van der Waals surface area contributed by atoms with E-state index in [0.717, 1.165) is 0 Å². The number of aliphatic carboxylic acids is 1. The number of rotatable bonds is 5. The summed E-state index contributed by atoms with van der Waals surface area (Å²) in [6.07, 6.45) is -0.446. The van der Waals surface area contributed by atoms with Crippen LogP contribution >= 0.6 is 0 Å². The highest BCUT2D eigenvalue weighted by Gasteiger charge is 2.04. The largest absolute Gasteiger partial charge is 0.481 e. The van der Waals surface area contributed by atoms with Crippen molar-refractivity contribution in [3.05, 3.63) is 0 Å². The first-order chi connectivity index (χ1) is 5.16. The Morgan fingerprint density at radius 1 is 1.45 bits per heavy atom. The maximum atomic E-state index is 10.5. The van der Waals surface area contributed by atoms with Gasteiger partial charge in [-0.2, -0.15) is 5.90 Å². The zero-order valence-corrected chi connectivity index (χ0v) is 5.57. The molecule has 64 valence electrons. The van der Waals surface area contributed by atoms with Gasteiger partial charge in [0, 0.05) is 6.42 Å². The Labute approximate surface area is 61.9 Å². The first-order valence-corrected chi connectivity index (χ1v) is 2.70. The lowest BCUT2D eigenvalue weighted by molar-refractivity contribution is -0.333. The van der Waals surface area contributed by atoms with Crippen molar-refractivity contribution in [3.8, 4) is 0 Å². The van der Waals surface area contributed by atoms with Gasteiger partial charge in [0.25, 0.3) is 0 Å². The van der Waals surface area contributed by atoms with Gasteiger partial charge in [-0.05, 0) is 0 Å². The van der Waals surface area contributed by atoms with Gasteiger partial charge in [-0.15, -0.1) is 4.99 Å². The molecule has 0 radical (unpaired) electrons. The van der Waals surface area contributed by atoms with Crippen LogP contribution in [0.15, 0.2) is 0 Å². The first-order valence-electron chi connectivity index (χ1n) is 2.70. The van der Waals surface area contributed by atoms with Crippen molar-refractivity contribution in [2.75, 3.05) is 0 Å². The average molecular weight is 164 g/mol. The smallest absolute Gasteiger partial charge is 0.303 e. The van der Waals surface area contributed by atoms with Crippen molar-refractivity contribution >= 4 is 11.9 Å². The van der Waals surface area contributed by atoms with Crippen LogP contribution in [0, 0.1) is 0 Å². The minimum atomic E-state index is -1.06. The van der Waals surface area contributed by atoms with Gasteiger partial charge in [0.05, 0.1) is 6.42 Å². The van der Waals surface area contributed by atoms with Gasteiger partial charge in [-0.3, -0.25) is 9.59 Å². The van der Waals surface area contributed by atoms with Crippen molar-refractivity contribution in [1.82, 2.24) is 5.48 Å². The summed E-state index contributed by atoms with van der Waals surface area (Å²) in [5, 5.41) is 8.11. The third kappa shape index (κ3) is 6.71. The summed E-state index contributed by atoms with van der Waals surface area (Å²) in [5.74, 6) is 2.71. The molecule has 1 amide bonds. The van der Waals surface area contributed by atoms with Crippen molar-refractivity contribution in [2.45, 2.75) is 12.8 Å². The number of hydrogen-bond acceptors (Lipinski definition) is 5. The lowest BCUT2D eigenvalue weighted by Gasteiger charge is -1.98. The molecule has 4 N–H and O–H groups in total.